The van der Waals surface area contributed by atoms with E-state index in [0.717, 1.165) is 36.8 Å². The monoisotopic (exact) mass is 240 g/mol. The van der Waals surface area contributed by atoms with Gasteiger partial charge >= 0.3 is 5.97 Å². The molecule has 4 heteroatoms. The van der Waals surface area contributed by atoms with Crippen LogP contribution in [0.25, 0.3) is 0 Å². The molecule has 2 rings (SSSR count). The molecule has 0 aromatic heterocycles. The lowest BCUT2D eigenvalue weighted by atomic mass is 9.90. The van der Waals surface area contributed by atoms with E-state index in [2.05, 4.69) is 0 Å². The summed E-state index contributed by atoms with van der Waals surface area (Å²) in [7, 11) is 1.45. The van der Waals surface area contributed by atoms with Crippen LogP contribution in [-0.4, -0.2) is 18.2 Å². The van der Waals surface area contributed by atoms with E-state index in [-0.39, 0.29) is 11.3 Å². The maximum absolute atomic E-state index is 11.1. The summed E-state index contributed by atoms with van der Waals surface area (Å²) in [4.78, 5) is 11.1. The highest BCUT2D eigenvalue weighted by Gasteiger charge is 2.22. The largest absolute Gasteiger partial charge is 0.494 e. The van der Waals surface area contributed by atoms with Crippen molar-refractivity contribution in [2.24, 2.45) is 0 Å². The molecule has 0 atom stereocenters. The first-order valence-corrected chi connectivity index (χ1v) is 5.64. The van der Waals surface area contributed by atoms with Gasteiger partial charge in [0.25, 0.3) is 0 Å². The number of hydrogen-bond donors (Lipinski definition) is 1. The second-order valence-corrected chi connectivity index (χ2v) is 4.30. The zero-order valence-electron chi connectivity index (χ0n) is 9.05. The van der Waals surface area contributed by atoms with Crippen LogP contribution in [0.4, 0.5) is 0 Å². The predicted octanol–water partition coefficient (Wildman–Crippen LogP) is 2.93. The predicted molar refractivity (Wildman–Crippen MR) is 61.6 cm³/mol. The number of rotatable bonds is 2. The number of aryl methyl sites for hydroxylation is 1. The molecule has 0 saturated carbocycles. The van der Waals surface area contributed by atoms with E-state index in [1.165, 1.54) is 7.11 Å². The molecule has 1 aromatic rings. The summed E-state index contributed by atoms with van der Waals surface area (Å²) in [6, 6.07) is 1.70. The van der Waals surface area contributed by atoms with Gasteiger partial charge in [-0.05, 0) is 42.9 Å². The SMILES string of the molecule is COc1c(C(=O)O)cc2c(c1Cl)CCCC2. The minimum Gasteiger partial charge on any atom is -0.494 e. The molecule has 0 radical (unpaired) electrons. The third-order valence-electron chi connectivity index (χ3n) is 2.97. The van der Waals surface area contributed by atoms with Crippen LogP contribution in [0, 0.1) is 0 Å². The average molecular weight is 241 g/mol. The van der Waals surface area contributed by atoms with Gasteiger partial charge in [-0.2, -0.15) is 0 Å². The number of halogens is 1. The summed E-state index contributed by atoms with van der Waals surface area (Å²) < 4.78 is 5.09. The summed E-state index contributed by atoms with van der Waals surface area (Å²) in [5, 5.41) is 9.55. The minimum atomic E-state index is -0.993. The lowest BCUT2D eigenvalue weighted by molar-refractivity contribution is 0.0693. The highest BCUT2D eigenvalue weighted by molar-refractivity contribution is 6.33. The topological polar surface area (TPSA) is 46.5 Å². The van der Waals surface area contributed by atoms with Gasteiger partial charge in [0, 0.05) is 0 Å². The number of methoxy groups -OCH3 is 1. The Morgan fingerprint density at radius 1 is 1.44 bits per heavy atom. The van der Waals surface area contributed by atoms with Crippen molar-refractivity contribution < 1.29 is 14.6 Å². The summed E-state index contributed by atoms with van der Waals surface area (Å²) in [6.07, 6.45) is 4.00. The Morgan fingerprint density at radius 3 is 2.75 bits per heavy atom. The highest BCUT2D eigenvalue weighted by Crippen LogP contribution is 2.37. The first-order chi connectivity index (χ1) is 7.65. The minimum absolute atomic E-state index is 0.160. The van der Waals surface area contributed by atoms with Crippen molar-refractivity contribution in [3.8, 4) is 5.75 Å². The van der Waals surface area contributed by atoms with E-state index in [4.69, 9.17) is 21.4 Å². The molecule has 0 fully saturated rings. The summed E-state index contributed by atoms with van der Waals surface area (Å²) in [6.45, 7) is 0. The van der Waals surface area contributed by atoms with E-state index >= 15 is 0 Å². The molecular weight excluding hydrogens is 228 g/mol. The van der Waals surface area contributed by atoms with Gasteiger partial charge in [0.2, 0.25) is 0 Å². The fourth-order valence-corrected chi connectivity index (χ4v) is 2.59. The average Bonchev–Trinajstić information content (AvgIpc) is 2.29. The Kier molecular flexibility index (Phi) is 3.06. The normalized spacial score (nSPS) is 14.4. The quantitative estimate of drug-likeness (QED) is 0.865. The van der Waals surface area contributed by atoms with Crippen molar-refractivity contribution in [3.63, 3.8) is 0 Å². The van der Waals surface area contributed by atoms with Crippen molar-refractivity contribution in [1.82, 2.24) is 0 Å². The number of carbonyl (C=O) groups is 1. The van der Waals surface area contributed by atoms with Gasteiger partial charge in [-0.3, -0.25) is 0 Å². The summed E-state index contributed by atoms with van der Waals surface area (Å²) in [5.41, 5.74) is 2.26. The fourth-order valence-electron chi connectivity index (χ4n) is 2.19. The number of fused-ring (bicyclic) bond motifs is 1. The van der Waals surface area contributed by atoms with Gasteiger partial charge in [-0.25, -0.2) is 4.79 Å². The Hall–Kier alpha value is -1.22. The van der Waals surface area contributed by atoms with Crippen LogP contribution in [0.3, 0.4) is 0 Å². The van der Waals surface area contributed by atoms with E-state index in [1.807, 2.05) is 0 Å². The van der Waals surface area contributed by atoms with Crippen LogP contribution < -0.4 is 4.74 Å². The molecular formula is C12H13ClO3. The molecule has 0 spiro atoms. The Morgan fingerprint density at radius 2 is 2.12 bits per heavy atom. The molecule has 16 heavy (non-hydrogen) atoms. The van der Waals surface area contributed by atoms with E-state index in [0.29, 0.717) is 5.02 Å². The number of carboxylic acids is 1. The summed E-state index contributed by atoms with van der Waals surface area (Å²) in [5.74, 6) is -0.707. The number of ether oxygens (including phenoxy) is 1. The van der Waals surface area contributed by atoms with Crippen LogP contribution in [0.5, 0.6) is 5.75 Å². The second kappa shape index (κ2) is 4.34. The third-order valence-corrected chi connectivity index (χ3v) is 3.37. The maximum Gasteiger partial charge on any atom is 0.339 e. The van der Waals surface area contributed by atoms with Crippen molar-refractivity contribution in [2.75, 3.05) is 7.11 Å². The molecule has 0 unspecified atom stereocenters. The third kappa shape index (κ3) is 1.76. The zero-order valence-corrected chi connectivity index (χ0v) is 9.80. The molecule has 1 N–H and O–H groups in total. The first kappa shape index (κ1) is 11.3. The van der Waals surface area contributed by atoms with Gasteiger partial charge in [-0.15, -0.1) is 0 Å². The molecule has 0 saturated heterocycles. The van der Waals surface area contributed by atoms with Crippen LogP contribution in [-0.2, 0) is 12.8 Å². The van der Waals surface area contributed by atoms with Gasteiger partial charge in [-0.1, -0.05) is 11.6 Å². The molecule has 0 bridgehead atoms. The van der Waals surface area contributed by atoms with Crippen LogP contribution in [0.2, 0.25) is 5.02 Å². The Bertz CT molecular complexity index is 440. The molecule has 1 aromatic carbocycles. The lowest BCUT2D eigenvalue weighted by Gasteiger charge is -2.20. The molecule has 1 aliphatic carbocycles. The molecule has 0 aliphatic heterocycles. The van der Waals surface area contributed by atoms with E-state index in [9.17, 15) is 4.79 Å². The van der Waals surface area contributed by atoms with Crippen molar-refractivity contribution in [1.29, 1.82) is 0 Å². The lowest BCUT2D eigenvalue weighted by Crippen LogP contribution is -2.09. The summed E-state index contributed by atoms with van der Waals surface area (Å²) >= 11 is 6.19. The van der Waals surface area contributed by atoms with Gasteiger partial charge in [0.1, 0.15) is 5.56 Å². The molecule has 0 amide bonds. The zero-order chi connectivity index (χ0) is 11.7. The first-order valence-electron chi connectivity index (χ1n) is 5.26. The number of aromatic carboxylic acids is 1. The molecule has 3 nitrogen and oxygen atoms in total. The van der Waals surface area contributed by atoms with Gasteiger partial charge in [0.15, 0.2) is 5.75 Å². The van der Waals surface area contributed by atoms with Gasteiger partial charge < -0.3 is 9.84 Å². The van der Waals surface area contributed by atoms with E-state index in [1.54, 1.807) is 6.07 Å². The second-order valence-electron chi connectivity index (χ2n) is 3.92. The van der Waals surface area contributed by atoms with Crippen molar-refractivity contribution >= 4 is 17.6 Å². The van der Waals surface area contributed by atoms with Gasteiger partial charge in [0.05, 0.1) is 12.1 Å². The smallest absolute Gasteiger partial charge is 0.339 e. The number of hydrogen-bond acceptors (Lipinski definition) is 2. The Labute approximate surface area is 99.0 Å². The standard InChI is InChI=1S/C12H13ClO3/c1-16-11-9(12(14)15)6-7-4-2-3-5-8(7)10(11)13/h6H,2-5H2,1H3,(H,14,15). The molecule has 86 valence electrons. The molecule has 1 aliphatic rings. The Balaban J connectivity index is 2.64. The van der Waals surface area contributed by atoms with Crippen LogP contribution in [0.1, 0.15) is 34.3 Å². The number of benzene rings is 1. The number of carboxylic acid groups (broad SMARTS) is 1. The van der Waals surface area contributed by atoms with Crippen molar-refractivity contribution in [2.45, 2.75) is 25.7 Å². The van der Waals surface area contributed by atoms with Crippen LogP contribution in [0.15, 0.2) is 6.07 Å². The van der Waals surface area contributed by atoms with E-state index < -0.39 is 5.97 Å². The maximum atomic E-state index is 11.1. The van der Waals surface area contributed by atoms with Crippen LogP contribution >= 0.6 is 11.6 Å². The van der Waals surface area contributed by atoms with Crippen molar-refractivity contribution in [3.05, 3.63) is 27.8 Å². The molecule has 0 heterocycles. The fraction of sp³-hybridized carbons (Fsp3) is 0.417. The highest BCUT2D eigenvalue weighted by atomic mass is 35.5.